The Morgan fingerprint density at radius 1 is 1.19 bits per heavy atom. The first-order valence-electron chi connectivity index (χ1n) is 6.79. The summed E-state index contributed by atoms with van der Waals surface area (Å²) in [7, 11) is 1.44. The van der Waals surface area contributed by atoms with Crippen molar-refractivity contribution in [1.29, 1.82) is 0 Å². The highest BCUT2D eigenvalue weighted by atomic mass is 32.2. The average Bonchev–Trinajstić information content (AvgIpc) is 2.49. The number of aliphatic hydroxyl groups is 1. The summed E-state index contributed by atoms with van der Waals surface area (Å²) in [5.74, 6) is 0.352. The fraction of sp³-hybridized carbons (Fsp3) is 0.294. The van der Waals surface area contributed by atoms with Gasteiger partial charge in [-0.2, -0.15) is 0 Å². The summed E-state index contributed by atoms with van der Waals surface area (Å²) in [5.41, 5.74) is 1.68. The van der Waals surface area contributed by atoms with Crippen molar-refractivity contribution >= 4 is 11.8 Å². The number of rotatable bonds is 6. The molecule has 0 saturated carbocycles. The van der Waals surface area contributed by atoms with Crippen LogP contribution in [0.1, 0.15) is 11.1 Å². The molecule has 2 rings (SSSR count). The van der Waals surface area contributed by atoms with E-state index in [1.165, 1.54) is 12.7 Å². The molecule has 2 aromatic carbocycles. The number of hydrogen-bond acceptors (Lipinski definition) is 3. The van der Waals surface area contributed by atoms with Crippen LogP contribution in [0.5, 0.6) is 5.75 Å². The summed E-state index contributed by atoms with van der Waals surface area (Å²) < 4.78 is 18.9. The van der Waals surface area contributed by atoms with Crippen molar-refractivity contribution in [2.75, 3.05) is 12.9 Å². The monoisotopic (exact) mass is 306 g/mol. The van der Waals surface area contributed by atoms with Gasteiger partial charge in [0.25, 0.3) is 0 Å². The molecule has 21 heavy (non-hydrogen) atoms. The molecule has 2 nitrogen and oxygen atoms in total. The normalized spacial score (nSPS) is 12.2. The smallest absolute Gasteiger partial charge is 0.168 e. The quantitative estimate of drug-likeness (QED) is 0.822. The molecular formula is C17H19FO2S. The molecule has 0 aliphatic carbocycles. The van der Waals surface area contributed by atoms with Crippen LogP contribution in [0.2, 0.25) is 0 Å². The first kappa shape index (κ1) is 15.9. The number of ether oxygens (including phenoxy) is 1. The summed E-state index contributed by atoms with van der Waals surface area (Å²) in [4.78, 5) is 1.10. The van der Waals surface area contributed by atoms with E-state index in [2.05, 4.69) is 0 Å². The van der Waals surface area contributed by atoms with Gasteiger partial charge < -0.3 is 9.84 Å². The first-order chi connectivity index (χ1) is 10.1. The lowest BCUT2D eigenvalue weighted by molar-refractivity contribution is 0.198. The van der Waals surface area contributed by atoms with Gasteiger partial charge in [0.2, 0.25) is 0 Å². The van der Waals surface area contributed by atoms with E-state index in [0.717, 1.165) is 4.90 Å². The average molecular weight is 306 g/mol. The minimum Gasteiger partial charge on any atom is -0.494 e. The molecule has 1 N–H and O–H groups in total. The summed E-state index contributed by atoms with van der Waals surface area (Å²) in [6.07, 6.45) is -0.320. The molecule has 0 fully saturated rings. The second-order valence-corrected chi connectivity index (χ2v) is 6.01. The standard InChI is InChI=1S/C17H19FO2S/c1-12-6-8-15(9-7-12)21-11-14(19)10-13-4-3-5-16(20-2)17(13)18/h3-9,14,19H,10-11H2,1-2H3. The second kappa shape index (κ2) is 7.48. The highest BCUT2D eigenvalue weighted by Crippen LogP contribution is 2.23. The van der Waals surface area contributed by atoms with Gasteiger partial charge in [0.1, 0.15) is 0 Å². The van der Waals surface area contributed by atoms with Crippen LogP contribution in [0.4, 0.5) is 4.39 Å². The van der Waals surface area contributed by atoms with Gasteiger partial charge in [-0.15, -0.1) is 11.8 Å². The van der Waals surface area contributed by atoms with Crippen molar-refractivity contribution in [2.45, 2.75) is 24.3 Å². The van der Waals surface area contributed by atoms with Crippen LogP contribution < -0.4 is 4.74 Å². The molecule has 0 amide bonds. The molecule has 0 aromatic heterocycles. The maximum atomic E-state index is 14.0. The predicted octanol–water partition coefficient (Wildman–Crippen LogP) is 3.84. The molecule has 0 spiro atoms. The van der Waals surface area contributed by atoms with Gasteiger partial charge in [0.05, 0.1) is 13.2 Å². The lowest BCUT2D eigenvalue weighted by Gasteiger charge is -2.12. The zero-order chi connectivity index (χ0) is 15.2. The van der Waals surface area contributed by atoms with Crippen LogP contribution in [-0.2, 0) is 6.42 Å². The van der Waals surface area contributed by atoms with Gasteiger partial charge in [0.15, 0.2) is 11.6 Å². The van der Waals surface area contributed by atoms with E-state index in [9.17, 15) is 9.50 Å². The largest absolute Gasteiger partial charge is 0.494 e. The van der Waals surface area contributed by atoms with Gasteiger partial charge in [-0.1, -0.05) is 29.8 Å². The predicted molar refractivity (Wildman–Crippen MR) is 84.6 cm³/mol. The molecule has 2 aromatic rings. The first-order valence-corrected chi connectivity index (χ1v) is 7.77. The van der Waals surface area contributed by atoms with Crippen LogP contribution in [0.3, 0.4) is 0 Å². The van der Waals surface area contributed by atoms with Crippen molar-refractivity contribution in [3.8, 4) is 5.75 Å². The SMILES string of the molecule is COc1cccc(CC(O)CSc2ccc(C)cc2)c1F. The van der Waals surface area contributed by atoms with Crippen molar-refractivity contribution < 1.29 is 14.2 Å². The number of aliphatic hydroxyl groups excluding tert-OH is 1. The Morgan fingerprint density at radius 2 is 1.90 bits per heavy atom. The lowest BCUT2D eigenvalue weighted by Crippen LogP contribution is -2.14. The summed E-state index contributed by atoms with van der Waals surface area (Å²) in [6.45, 7) is 2.04. The van der Waals surface area contributed by atoms with E-state index in [-0.39, 0.29) is 18.0 Å². The minimum absolute atomic E-state index is 0.214. The molecular weight excluding hydrogens is 287 g/mol. The van der Waals surface area contributed by atoms with Crippen molar-refractivity contribution in [3.05, 3.63) is 59.4 Å². The number of hydrogen-bond donors (Lipinski definition) is 1. The Hall–Kier alpha value is -1.52. The van der Waals surface area contributed by atoms with E-state index in [0.29, 0.717) is 11.3 Å². The zero-order valence-electron chi connectivity index (χ0n) is 12.2. The Kier molecular flexibility index (Phi) is 5.65. The van der Waals surface area contributed by atoms with Gasteiger partial charge in [0, 0.05) is 17.1 Å². The number of aryl methyl sites for hydroxylation is 1. The van der Waals surface area contributed by atoms with E-state index in [4.69, 9.17) is 4.74 Å². The molecule has 4 heteroatoms. The van der Waals surface area contributed by atoms with Crippen LogP contribution in [-0.4, -0.2) is 24.1 Å². The van der Waals surface area contributed by atoms with E-state index < -0.39 is 6.10 Å². The zero-order valence-corrected chi connectivity index (χ0v) is 13.0. The molecule has 0 aliphatic heterocycles. The Balaban J connectivity index is 1.92. The van der Waals surface area contributed by atoms with Crippen molar-refractivity contribution in [1.82, 2.24) is 0 Å². The highest BCUT2D eigenvalue weighted by Gasteiger charge is 2.13. The van der Waals surface area contributed by atoms with Gasteiger partial charge in [-0.3, -0.25) is 0 Å². The minimum atomic E-state index is -0.599. The Morgan fingerprint density at radius 3 is 2.57 bits per heavy atom. The number of thioether (sulfide) groups is 1. The van der Waals surface area contributed by atoms with Gasteiger partial charge in [-0.25, -0.2) is 4.39 Å². The third-order valence-corrected chi connectivity index (χ3v) is 4.34. The van der Waals surface area contributed by atoms with Crippen LogP contribution >= 0.6 is 11.8 Å². The number of benzene rings is 2. The van der Waals surface area contributed by atoms with Crippen molar-refractivity contribution in [3.63, 3.8) is 0 Å². The Bertz CT molecular complexity index is 584. The van der Waals surface area contributed by atoms with E-state index in [1.54, 1.807) is 30.0 Å². The molecule has 0 radical (unpaired) electrons. The summed E-state index contributed by atoms with van der Waals surface area (Å²) in [5, 5.41) is 10.1. The molecule has 0 bridgehead atoms. The molecule has 0 heterocycles. The molecule has 112 valence electrons. The third-order valence-electron chi connectivity index (χ3n) is 3.18. The Labute approximate surface area is 129 Å². The van der Waals surface area contributed by atoms with Gasteiger partial charge in [-0.05, 0) is 30.7 Å². The maximum Gasteiger partial charge on any atom is 0.168 e. The van der Waals surface area contributed by atoms with Crippen LogP contribution in [0, 0.1) is 12.7 Å². The molecule has 1 atom stereocenters. The van der Waals surface area contributed by atoms with Crippen molar-refractivity contribution in [2.24, 2.45) is 0 Å². The summed E-state index contributed by atoms with van der Waals surface area (Å²) >= 11 is 1.57. The maximum absolute atomic E-state index is 14.0. The topological polar surface area (TPSA) is 29.5 Å². The van der Waals surface area contributed by atoms with Gasteiger partial charge >= 0.3 is 0 Å². The molecule has 0 aliphatic rings. The summed E-state index contributed by atoms with van der Waals surface area (Å²) in [6, 6.07) is 13.1. The molecule has 0 saturated heterocycles. The van der Waals surface area contributed by atoms with E-state index >= 15 is 0 Å². The number of halogens is 1. The van der Waals surface area contributed by atoms with Crippen LogP contribution in [0.25, 0.3) is 0 Å². The highest BCUT2D eigenvalue weighted by molar-refractivity contribution is 7.99. The third kappa shape index (κ3) is 4.48. The molecule has 1 unspecified atom stereocenters. The fourth-order valence-electron chi connectivity index (χ4n) is 2.01. The van der Waals surface area contributed by atoms with Crippen LogP contribution in [0.15, 0.2) is 47.4 Å². The fourth-order valence-corrected chi connectivity index (χ4v) is 2.84. The lowest BCUT2D eigenvalue weighted by atomic mass is 10.1. The van der Waals surface area contributed by atoms with E-state index in [1.807, 2.05) is 31.2 Å². The second-order valence-electron chi connectivity index (χ2n) is 4.92. The number of methoxy groups -OCH3 is 1.